The van der Waals surface area contributed by atoms with Gasteiger partial charge in [-0.3, -0.25) is 4.98 Å². The lowest BCUT2D eigenvalue weighted by Gasteiger charge is -2.17. The topological polar surface area (TPSA) is 56.3 Å². The van der Waals surface area contributed by atoms with Crippen LogP contribution in [-0.4, -0.2) is 29.7 Å². The van der Waals surface area contributed by atoms with Crippen molar-refractivity contribution in [2.24, 2.45) is 0 Å². The standard InChI is InChI=1S/C14H16ClN3O2/c1-10(7-17-14-9-16-8-13(15)18-14)20-12-6-4-3-5-11(12)19-2/h3-6,8-10H,7H2,1-2H3,(H,17,18). The Morgan fingerprint density at radius 3 is 2.70 bits per heavy atom. The minimum Gasteiger partial charge on any atom is -0.493 e. The summed E-state index contributed by atoms with van der Waals surface area (Å²) >= 11 is 5.77. The quantitative estimate of drug-likeness (QED) is 0.887. The zero-order valence-corrected chi connectivity index (χ0v) is 12.1. The van der Waals surface area contributed by atoms with E-state index in [-0.39, 0.29) is 6.10 Å². The van der Waals surface area contributed by atoms with Crippen LogP contribution >= 0.6 is 11.6 Å². The molecule has 1 heterocycles. The van der Waals surface area contributed by atoms with Gasteiger partial charge in [-0.25, -0.2) is 4.98 Å². The second-order valence-corrected chi connectivity index (χ2v) is 4.57. The Hall–Kier alpha value is -2.01. The van der Waals surface area contributed by atoms with Gasteiger partial charge in [0, 0.05) is 0 Å². The Morgan fingerprint density at radius 1 is 1.25 bits per heavy atom. The first-order valence-electron chi connectivity index (χ1n) is 6.20. The second-order valence-electron chi connectivity index (χ2n) is 4.19. The predicted molar refractivity (Wildman–Crippen MR) is 78.6 cm³/mol. The van der Waals surface area contributed by atoms with Gasteiger partial charge in [-0.05, 0) is 19.1 Å². The highest BCUT2D eigenvalue weighted by Gasteiger charge is 2.08. The van der Waals surface area contributed by atoms with E-state index in [1.807, 2.05) is 31.2 Å². The van der Waals surface area contributed by atoms with E-state index in [4.69, 9.17) is 21.1 Å². The van der Waals surface area contributed by atoms with Crippen LogP contribution < -0.4 is 14.8 Å². The largest absolute Gasteiger partial charge is 0.493 e. The molecule has 1 unspecified atom stereocenters. The number of methoxy groups -OCH3 is 1. The average Bonchev–Trinajstić information content (AvgIpc) is 2.46. The van der Waals surface area contributed by atoms with Crippen molar-refractivity contribution in [2.45, 2.75) is 13.0 Å². The molecule has 0 aliphatic carbocycles. The Kier molecular flexibility index (Phi) is 5.01. The van der Waals surface area contributed by atoms with Gasteiger partial charge in [0.1, 0.15) is 17.1 Å². The number of ether oxygens (including phenoxy) is 2. The maximum absolute atomic E-state index is 5.82. The molecule has 0 radical (unpaired) electrons. The molecule has 0 amide bonds. The van der Waals surface area contributed by atoms with E-state index in [9.17, 15) is 0 Å². The Morgan fingerprint density at radius 2 is 2.00 bits per heavy atom. The van der Waals surface area contributed by atoms with Gasteiger partial charge in [-0.15, -0.1) is 0 Å². The highest BCUT2D eigenvalue weighted by Crippen LogP contribution is 2.26. The SMILES string of the molecule is COc1ccccc1OC(C)CNc1cncc(Cl)n1. The van der Waals surface area contributed by atoms with E-state index in [1.165, 1.54) is 6.20 Å². The van der Waals surface area contributed by atoms with Crippen molar-refractivity contribution in [1.29, 1.82) is 0 Å². The third kappa shape index (κ3) is 3.99. The molecule has 2 rings (SSSR count). The van der Waals surface area contributed by atoms with Crippen LogP contribution in [0.25, 0.3) is 0 Å². The number of anilines is 1. The molecule has 0 spiro atoms. The zero-order valence-electron chi connectivity index (χ0n) is 11.3. The number of hydrogen-bond acceptors (Lipinski definition) is 5. The fourth-order valence-electron chi connectivity index (χ4n) is 1.65. The van der Waals surface area contributed by atoms with Gasteiger partial charge in [-0.2, -0.15) is 0 Å². The van der Waals surface area contributed by atoms with E-state index >= 15 is 0 Å². The lowest BCUT2D eigenvalue weighted by molar-refractivity contribution is 0.223. The minimum absolute atomic E-state index is 0.0629. The first-order chi connectivity index (χ1) is 9.69. The van der Waals surface area contributed by atoms with Crippen LogP contribution in [0.15, 0.2) is 36.7 Å². The first kappa shape index (κ1) is 14.4. The van der Waals surface area contributed by atoms with Gasteiger partial charge >= 0.3 is 0 Å². The number of aromatic nitrogens is 2. The maximum Gasteiger partial charge on any atom is 0.161 e. The molecule has 1 aromatic heterocycles. The number of nitrogens with one attached hydrogen (secondary N) is 1. The highest BCUT2D eigenvalue weighted by atomic mass is 35.5. The summed E-state index contributed by atoms with van der Waals surface area (Å²) in [5.74, 6) is 2.04. The Balaban J connectivity index is 1.91. The molecule has 2 aromatic rings. The molecule has 0 saturated heterocycles. The van der Waals surface area contributed by atoms with Crippen LogP contribution in [0.3, 0.4) is 0 Å². The van der Waals surface area contributed by atoms with Crippen molar-refractivity contribution < 1.29 is 9.47 Å². The third-order valence-electron chi connectivity index (χ3n) is 2.57. The van der Waals surface area contributed by atoms with Crippen molar-refractivity contribution >= 4 is 17.4 Å². The predicted octanol–water partition coefficient (Wildman–Crippen LogP) is 3.02. The molecular formula is C14H16ClN3O2. The molecule has 1 atom stereocenters. The van der Waals surface area contributed by atoms with E-state index in [0.717, 1.165) is 0 Å². The highest BCUT2D eigenvalue weighted by molar-refractivity contribution is 6.29. The molecule has 0 fully saturated rings. The van der Waals surface area contributed by atoms with E-state index in [0.29, 0.717) is 29.0 Å². The smallest absolute Gasteiger partial charge is 0.161 e. The van der Waals surface area contributed by atoms with E-state index in [1.54, 1.807) is 13.3 Å². The summed E-state index contributed by atoms with van der Waals surface area (Å²) in [6, 6.07) is 7.53. The molecule has 0 bridgehead atoms. The molecule has 0 saturated carbocycles. The maximum atomic E-state index is 5.82. The number of benzene rings is 1. The third-order valence-corrected chi connectivity index (χ3v) is 2.76. The Bertz CT molecular complexity index is 566. The molecule has 1 aromatic carbocycles. The van der Waals surface area contributed by atoms with E-state index in [2.05, 4.69) is 15.3 Å². The van der Waals surface area contributed by atoms with Gasteiger partial charge in [0.25, 0.3) is 0 Å². The summed E-state index contributed by atoms with van der Waals surface area (Å²) in [7, 11) is 1.62. The van der Waals surface area contributed by atoms with Crippen LogP contribution in [0.2, 0.25) is 5.15 Å². The molecule has 6 heteroatoms. The molecule has 5 nitrogen and oxygen atoms in total. The van der Waals surface area contributed by atoms with Gasteiger partial charge < -0.3 is 14.8 Å². The molecular weight excluding hydrogens is 278 g/mol. The number of rotatable bonds is 6. The van der Waals surface area contributed by atoms with Gasteiger partial charge in [0.2, 0.25) is 0 Å². The average molecular weight is 294 g/mol. The summed E-state index contributed by atoms with van der Waals surface area (Å²) < 4.78 is 11.1. The number of halogens is 1. The zero-order chi connectivity index (χ0) is 14.4. The molecule has 0 aliphatic heterocycles. The number of para-hydroxylation sites is 2. The monoisotopic (exact) mass is 293 g/mol. The minimum atomic E-state index is -0.0629. The number of nitrogens with zero attached hydrogens (tertiary/aromatic N) is 2. The molecule has 1 N–H and O–H groups in total. The summed E-state index contributed by atoms with van der Waals surface area (Å²) in [6.45, 7) is 2.53. The second kappa shape index (κ2) is 6.96. The lowest BCUT2D eigenvalue weighted by atomic mass is 10.3. The fraction of sp³-hybridized carbons (Fsp3) is 0.286. The summed E-state index contributed by atoms with van der Waals surface area (Å²) in [5, 5.41) is 3.47. The van der Waals surface area contributed by atoms with Crippen molar-refractivity contribution in [3.63, 3.8) is 0 Å². The van der Waals surface area contributed by atoms with Crippen LogP contribution in [0.1, 0.15) is 6.92 Å². The van der Waals surface area contributed by atoms with Crippen molar-refractivity contribution in [3.05, 3.63) is 41.8 Å². The van der Waals surface area contributed by atoms with E-state index < -0.39 is 0 Å². The van der Waals surface area contributed by atoms with Crippen LogP contribution in [0.5, 0.6) is 11.5 Å². The van der Waals surface area contributed by atoms with Crippen molar-refractivity contribution in [1.82, 2.24) is 9.97 Å². The summed E-state index contributed by atoms with van der Waals surface area (Å²) in [5.41, 5.74) is 0. The molecule has 106 valence electrons. The molecule has 20 heavy (non-hydrogen) atoms. The van der Waals surface area contributed by atoms with Crippen LogP contribution in [0, 0.1) is 0 Å². The summed E-state index contributed by atoms with van der Waals surface area (Å²) in [6.07, 6.45) is 3.04. The lowest BCUT2D eigenvalue weighted by Crippen LogP contribution is -2.23. The van der Waals surface area contributed by atoms with Crippen LogP contribution in [-0.2, 0) is 0 Å². The Labute approximate surface area is 122 Å². The van der Waals surface area contributed by atoms with Crippen molar-refractivity contribution in [3.8, 4) is 11.5 Å². The van der Waals surface area contributed by atoms with Crippen molar-refractivity contribution in [2.75, 3.05) is 19.0 Å². The first-order valence-corrected chi connectivity index (χ1v) is 6.58. The van der Waals surface area contributed by atoms with Crippen LogP contribution in [0.4, 0.5) is 5.82 Å². The summed E-state index contributed by atoms with van der Waals surface area (Å²) in [4.78, 5) is 8.05. The van der Waals surface area contributed by atoms with Gasteiger partial charge in [-0.1, -0.05) is 23.7 Å². The van der Waals surface area contributed by atoms with Gasteiger partial charge in [0.05, 0.1) is 26.0 Å². The normalized spacial score (nSPS) is 11.8. The molecule has 0 aliphatic rings. The number of hydrogen-bond donors (Lipinski definition) is 1. The van der Waals surface area contributed by atoms with Gasteiger partial charge in [0.15, 0.2) is 11.5 Å². The fourth-order valence-corrected chi connectivity index (χ4v) is 1.80.